The van der Waals surface area contributed by atoms with Crippen molar-refractivity contribution in [3.8, 4) is 0 Å². The first-order valence-corrected chi connectivity index (χ1v) is 7.31. The van der Waals surface area contributed by atoms with E-state index in [2.05, 4.69) is 26.1 Å². The van der Waals surface area contributed by atoms with Crippen LogP contribution in [0.3, 0.4) is 0 Å². The Morgan fingerprint density at radius 1 is 0.812 bits per heavy atom. The molecule has 0 spiro atoms. The van der Waals surface area contributed by atoms with Gasteiger partial charge >= 0.3 is 0 Å². The SMILES string of the molecule is CC1CCC(NC2CCC(C)(C)CC2)CC1. The second kappa shape index (κ2) is 5.08. The van der Waals surface area contributed by atoms with Crippen molar-refractivity contribution in [2.75, 3.05) is 0 Å². The highest BCUT2D eigenvalue weighted by Gasteiger charge is 2.28. The second-order valence-electron chi connectivity index (χ2n) is 7.06. The van der Waals surface area contributed by atoms with E-state index < -0.39 is 0 Å². The van der Waals surface area contributed by atoms with E-state index in [0.29, 0.717) is 5.41 Å². The van der Waals surface area contributed by atoms with E-state index in [1.165, 1.54) is 51.4 Å². The molecule has 2 aliphatic carbocycles. The minimum atomic E-state index is 0.610. The fourth-order valence-electron chi connectivity index (χ4n) is 3.33. The molecule has 2 aliphatic rings. The predicted octanol–water partition coefficient (Wildman–Crippen LogP) is 4.12. The maximum atomic E-state index is 3.92. The van der Waals surface area contributed by atoms with E-state index in [1.54, 1.807) is 0 Å². The van der Waals surface area contributed by atoms with Gasteiger partial charge in [-0.25, -0.2) is 0 Å². The largest absolute Gasteiger partial charge is 0.311 e. The lowest BCUT2D eigenvalue weighted by Gasteiger charge is -2.38. The van der Waals surface area contributed by atoms with Crippen LogP contribution in [-0.4, -0.2) is 12.1 Å². The molecule has 0 radical (unpaired) electrons. The highest BCUT2D eigenvalue weighted by Crippen LogP contribution is 2.35. The van der Waals surface area contributed by atoms with Gasteiger partial charge in [0.2, 0.25) is 0 Å². The molecule has 0 aromatic carbocycles. The third-order valence-electron chi connectivity index (χ3n) is 4.83. The lowest BCUT2D eigenvalue weighted by molar-refractivity contribution is 0.184. The van der Waals surface area contributed by atoms with Crippen LogP contribution in [0.2, 0.25) is 0 Å². The highest BCUT2D eigenvalue weighted by atomic mass is 15.0. The van der Waals surface area contributed by atoms with Crippen molar-refractivity contribution in [1.29, 1.82) is 0 Å². The zero-order chi connectivity index (χ0) is 11.6. The van der Waals surface area contributed by atoms with Crippen LogP contribution in [-0.2, 0) is 0 Å². The van der Waals surface area contributed by atoms with Gasteiger partial charge in [0.25, 0.3) is 0 Å². The summed E-state index contributed by atoms with van der Waals surface area (Å²) in [4.78, 5) is 0. The van der Waals surface area contributed by atoms with E-state index in [9.17, 15) is 0 Å². The fraction of sp³-hybridized carbons (Fsp3) is 1.00. The first-order valence-electron chi connectivity index (χ1n) is 7.31. The van der Waals surface area contributed by atoms with Crippen molar-refractivity contribution in [3.63, 3.8) is 0 Å². The summed E-state index contributed by atoms with van der Waals surface area (Å²) >= 11 is 0. The molecule has 0 saturated heterocycles. The van der Waals surface area contributed by atoms with E-state index in [-0.39, 0.29) is 0 Å². The van der Waals surface area contributed by atoms with Gasteiger partial charge in [0.15, 0.2) is 0 Å². The van der Waals surface area contributed by atoms with Gasteiger partial charge in [-0.15, -0.1) is 0 Å². The Bertz CT molecular complexity index is 203. The Labute approximate surface area is 101 Å². The molecular weight excluding hydrogens is 194 g/mol. The van der Waals surface area contributed by atoms with Gasteiger partial charge in [0.05, 0.1) is 0 Å². The third kappa shape index (κ3) is 3.48. The molecule has 0 bridgehead atoms. The van der Waals surface area contributed by atoms with Gasteiger partial charge in [-0.05, 0) is 62.7 Å². The molecule has 0 heterocycles. The smallest absolute Gasteiger partial charge is 0.00700 e. The summed E-state index contributed by atoms with van der Waals surface area (Å²) in [5, 5.41) is 3.92. The molecule has 0 amide bonds. The van der Waals surface area contributed by atoms with Crippen LogP contribution in [0.1, 0.15) is 72.1 Å². The Morgan fingerprint density at radius 2 is 1.31 bits per heavy atom. The number of hydrogen-bond acceptors (Lipinski definition) is 1. The molecule has 16 heavy (non-hydrogen) atoms. The summed E-state index contributed by atoms with van der Waals surface area (Å²) in [6.45, 7) is 7.25. The summed E-state index contributed by atoms with van der Waals surface area (Å²) in [6.07, 6.45) is 11.3. The van der Waals surface area contributed by atoms with Crippen molar-refractivity contribution in [3.05, 3.63) is 0 Å². The van der Waals surface area contributed by atoms with Gasteiger partial charge in [0.1, 0.15) is 0 Å². The predicted molar refractivity (Wildman–Crippen MR) is 70.6 cm³/mol. The zero-order valence-corrected chi connectivity index (χ0v) is 11.4. The van der Waals surface area contributed by atoms with Crippen molar-refractivity contribution in [1.82, 2.24) is 5.32 Å². The van der Waals surface area contributed by atoms with Crippen molar-refractivity contribution < 1.29 is 0 Å². The molecule has 1 N–H and O–H groups in total. The van der Waals surface area contributed by atoms with Crippen LogP contribution in [0.5, 0.6) is 0 Å². The van der Waals surface area contributed by atoms with E-state index in [1.807, 2.05) is 0 Å². The lowest BCUT2D eigenvalue weighted by Crippen LogP contribution is -2.43. The van der Waals surface area contributed by atoms with E-state index >= 15 is 0 Å². The number of hydrogen-bond donors (Lipinski definition) is 1. The molecule has 0 unspecified atom stereocenters. The van der Waals surface area contributed by atoms with Crippen LogP contribution in [0.25, 0.3) is 0 Å². The number of rotatable bonds is 2. The first-order chi connectivity index (χ1) is 7.55. The van der Waals surface area contributed by atoms with Gasteiger partial charge in [-0.1, -0.05) is 20.8 Å². The maximum Gasteiger partial charge on any atom is 0.00700 e. The monoisotopic (exact) mass is 223 g/mol. The zero-order valence-electron chi connectivity index (χ0n) is 11.4. The molecule has 94 valence electrons. The van der Waals surface area contributed by atoms with E-state index in [0.717, 1.165) is 18.0 Å². The summed E-state index contributed by atoms with van der Waals surface area (Å²) in [5.41, 5.74) is 0.610. The first kappa shape index (κ1) is 12.4. The molecule has 2 saturated carbocycles. The van der Waals surface area contributed by atoms with Gasteiger partial charge in [-0.2, -0.15) is 0 Å². The number of nitrogens with one attached hydrogen (secondary N) is 1. The van der Waals surface area contributed by atoms with Crippen molar-refractivity contribution in [2.45, 2.75) is 84.2 Å². The lowest BCUT2D eigenvalue weighted by atomic mass is 9.75. The Kier molecular flexibility index (Phi) is 3.94. The average molecular weight is 223 g/mol. The molecule has 1 nitrogen and oxygen atoms in total. The van der Waals surface area contributed by atoms with Crippen molar-refractivity contribution in [2.24, 2.45) is 11.3 Å². The molecular formula is C15H29N. The molecule has 0 aliphatic heterocycles. The van der Waals surface area contributed by atoms with Gasteiger partial charge < -0.3 is 5.32 Å². The van der Waals surface area contributed by atoms with Crippen LogP contribution in [0.4, 0.5) is 0 Å². The van der Waals surface area contributed by atoms with Crippen LogP contribution >= 0.6 is 0 Å². The summed E-state index contributed by atoms with van der Waals surface area (Å²) in [5.74, 6) is 0.975. The normalized spacial score (nSPS) is 36.2. The van der Waals surface area contributed by atoms with Crippen LogP contribution < -0.4 is 5.32 Å². The van der Waals surface area contributed by atoms with Gasteiger partial charge in [-0.3, -0.25) is 0 Å². The standard InChI is InChI=1S/C15H29N/c1-12-4-6-13(7-5-12)16-14-8-10-15(2,3)11-9-14/h12-14,16H,4-11H2,1-3H3. The molecule has 0 aromatic heterocycles. The molecule has 0 aromatic rings. The maximum absolute atomic E-state index is 3.92. The molecule has 2 fully saturated rings. The minimum Gasteiger partial charge on any atom is -0.311 e. The van der Waals surface area contributed by atoms with Crippen LogP contribution in [0, 0.1) is 11.3 Å². The minimum absolute atomic E-state index is 0.610. The second-order valence-corrected chi connectivity index (χ2v) is 7.06. The molecule has 2 rings (SSSR count). The summed E-state index contributed by atoms with van der Waals surface area (Å²) < 4.78 is 0. The van der Waals surface area contributed by atoms with Gasteiger partial charge in [0, 0.05) is 12.1 Å². The Morgan fingerprint density at radius 3 is 1.88 bits per heavy atom. The quantitative estimate of drug-likeness (QED) is 0.742. The fourth-order valence-corrected chi connectivity index (χ4v) is 3.33. The highest BCUT2D eigenvalue weighted by molar-refractivity contribution is 4.85. The molecule has 1 heteroatoms. The van der Waals surface area contributed by atoms with Crippen LogP contribution in [0.15, 0.2) is 0 Å². The topological polar surface area (TPSA) is 12.0 Å². The Balaban J connectivity index is 1.71. The Hall–Kier alpha value is -0.0400. The summed E-state index contributed by atoms with van der Waals surface area (Å²) in [6, 6.07) is 1.66. The molecule has 0 atom stereocenters. The summed E-state index contributed by atoms with van der Waals surface area (Å²) in [7, 11) is 0. The third-order valence-corrected chi connectivity index (χ3v) is 4.83. The van der Waals surface area contributed by atoms with E-state index in [4.69, 9.17) is 0 Å². The average Bonchev–Trinajstić information content (AvgIpc) is 2.24. The van der Waals surface area contributed by atoms with Crippen molar-refractivity contribution >= 4 is 0 Å².